The molecule has 0 radical (unpaired) electrons. The van der Waals surface area contributed by atoms with Gasteiger partial charge in [0.1, 0.15) is 0 Å². The Morgan fingerprint density at radius 1 is 1.64 bits per heavy atom. The average Bonchev–Trinajstić information content (AvgIpc) is 2.59. The number of aromatic nitrogens is 1. The molecule has 0 atom stereocenters. The Kier molecular flexibility index (Phi) is 3.86. The summed E-state index contributed by atoms with van der Waals surface area (Å²) in [4.78, 5) is 16.5. The third-order valence-electron chi connectivity index (χ3n) is 1.96. The van der Waals surface area contributed by atoms with Crippen molar-refractivity contribution in [1.82, 2.24) is 10.3 Å². The van der Waals surface area contributed by atoms with E-state index in [2.05, 4.69) is 15.0 Å². The highest BCUT2D eigenvalue weighted by Gasteiger charge is 2.18. The number of hydrogen-bond acceptors (Lipinski definition) is 5. The van der Waals surface area contributed by atoms with Gasteiger partial charge in [0.05, 0.1) is 12.8 Å². The summed E-state index contributed by atoms with van der Waals surface area (Å²) < 4.78 is 4.60. The molecule has 1 aliphatic heterocycles. The van der Waals surface area contributed by atoms with Gasteiger partial charge >= 0.3 is 5.97 Å². The van der Waals surface area contributed by atoms with Crippen molar-refractivity contribution in [1.29, 1.82) is 0 Å². The van der Waals surface area contributed by atoms with E-state index in [9.17, 15) is 4.79 Å². The molecule has 0 aliphatic carbocycles. The maximum Gasteiger partial charge on any atom is 0.367 e. The van der Waals surface area contributed by atoms with Gasteiger partial charge < -0.3 is 10.1 Å². The van der Waals surface area contributed by atoms with E-state index in [-0.39, 0.29) is 18.4 Å². The number of thiazole rings is 1. The molecule has 0 bridgehead atoms. The van der Waals surface area contributed by atoms with Crippen molar-refractivity contribution in [2.75, 3.05) is 13.7 Å². The molecule has 14 heavy (non-hydrogen) atoms. The molecule has 1 aromatic rings. The van der Waals surface area contributed by atoms with Crippen LogP contribution in [0.5, 0.6) is 0 Å². The van der Waals surface area contributed by atoms with E-state index in [0.717, 1.165) is 25.2 Å². The van der Waals surface area contributed by atoms with Crippen molar-refractivity contribution < 1.29 is 9.53 Å². The molecular formula is C8H11ClN2O2S. The first-order chi connectivity index (χ1) is 6.31. The summed E-state index contributed by atoms with van der Waals surface area (Å²) in [5, 5.41) is 3.67. The van der Waals surface area contributed by atoms with Gasteiger partial charge in [0.2, 0.25) is 5.01 Å². The summed E-state index contributed by atoms with van der Waals surface area (Å²) in [5.41, 5.74) is 0.997. The Hall–Kier alpha value is -0.650. The maximum absolute atomic E-state index is 11.1. The van der Waals surface area contributed by atoms with Gasteiger partial charge in [0.15, 0.2) is 0 Å². The lowest BCUT2D eigenvalue weighted by Crippen LogP contribution is -2.22. The lowest BCUT2D eigenvalue weighted by atomic mass is 10.2. The Balaban J connectivity index is 0.000000980. The first-order valence-corrected chi connectivity index (χ1v) is 4.90. The van der Waals surface area contributed by atoms with Crippen molar-refractivity contribution in [2.45, 2.75) is 13.0 Å². The standard InChI is InChI=1S/C8H10N2O2S.ClH/c1-12-8(11)7-10-5-4-9-3-2-6(5)13-7;/h9H,2-4H2,1H3;1H. The molecular weight excluding hydrogens is 224 g/mol. The van der Waals surface area contributed by atoms with Crippen LogP contribution in [0.1, 0.15) is 20.4 Å². The van der Waals surface area contributed by atoms with Crippen LogP contribution >= 0.6 is 23.7 Å². The highest BCUT2D eigenvalue weighted by atomic mass is 35.5. The predicted octanol–water partition coefficient (Wildman–Crippen LogP) is 0.997. The van der Waals surface area contributed by atoms with E-state index in [0.29, 0.717) is 5.01 Å². The molecule has 6 heteroatoms. The molecule has 4 nitrogen and oxygen atoms in total. The molecule has 1 aromatic heterocycles. The second-order valence-electron chi connectivity index (χ2n) is 2.81. The molecule has 0 fully saturated rings. The minimum Gasteiger partial charge on any atom is -0.464 e. The molecule has 0 spiro atoms. The summed E-state index contributed by atoms with van der Waals surface area (Å²) in [6.45, 7) is 1.73. The third-order valence-corrected chi connectivity index (χ3v) is 3.10. The molecule has 0 saturated carbocycles. The molecule has 2 rings (SSSR count). The van der Waals surface area contributed by atoms with Crippen LogP contribution in [0.3, 0.4) is 0 Å². The molecule has 1 N–H and O–H groups in total. The highest BCUT2D eigenvalue weighted by Crippen LogP contribution is 2.21. The number of fused-ring (bicyclic) bond motifs is 1. The Morgan fingerprint density at radius 3 is 3.07 bits per heavy atom. The molecule has 0 saturated heterocycles. The largest absolute Gasteiger partial charge is 0.464 e. The zero-order valence-electron chi connectivity index (χ0n) is 7.70. The number of nitrogens with one attached hydrogen (secondary N) is 1. The van der Waals surface area contributed by atoms with Crippen LogP contribution in [0.4, 0.5) is 0 Å². The van der Waals surface area contributed by atoms with E-state index in [1.807, 2.05) is 0 Å². The van der Waals surface area contributed by atoms with Crippen molar-refractivity contribution in [3.8, 4) is 0 Å². The molecule has 0 unspecified atom stereocenters. The fourth-order valence-corrected chi connectivity index (χ4v) is 2.30. The summed E-state index contributed by atoms with van der Waals surface area (Å²) in [6.07, 6.45) is 0.962. The zero-order valence-corrected chi connectivity index (χ0v) is 9.33. The van der Waals surface area contributed by atoms with Gasteiger partial charge in [0, 0.05) is 18.0 Å². The van der Waals surface area contributed by atoms with E-state index >= 15 is 0 Å². The number of esters is 1. The topological polar surface area (TPSA) is 51.2 Å². The number of rotatable bonds is 1. The van der Waals surface area contributed by atoms with Crippen molar-refractivity contribution in [3.05, 3.63) is 15.6 Å². The first-order valence-electron chi connectivity index (χ1n) is 4.09. The van der Waals surface area contributed by atoms with Crippen LogP contribution in [-0.4, -0.2) is 24.6 Å². The van der Waals surface area contributed by atoms with Gasteiger partial charge in [0.25, 0.3) is 0 Å². The number of nitrogens with zero attached hydrogens (tertiary/aromatic N) is 1. The van der Waals surface area contributed by atoms with Gasteiger partial charge in [-0.15, -0.1) is 23.7 Å². The van der Waals surface area contributed by atoms with Gasteiger partial charge in [-0.3, -0.25) is 0 Å². The Morgan fingerprint density at radius 2 is 2.43 bits per heavy atom. The van der Waals surface area contributed by atoms with Crippen LogP contribution in [0.2, 0.25) is 0 Å². The van der Waals surface area contributed by atoms with Crippen LogP contribution in [0.15, 0.2) is 0 Å². The Bertz CT molecular complexity index is 317. The lowest BCUT2D eigenvalue weighted by molar-refractivity contribution is 0.0600. The van der Waals surface area contributed by atoms with Crippen LogP contribution in [0.25, 0.3) is 0 Å². The summed E-state index contributed by atoms with van der Waals surface area (Å²) in [6, 6.07) is 0. The van der Waals surface area contributed by atoms with Gasteiger partial charge in [-0.2, -0.15) is 0 Å². The molecule has 0 amide bonds. The lowest BCUT2D eigenvalue weighted by Gasteiger charge is -2.09. The monoisotopic (exact) mass is 234 g/mol. The SMILES string of the molecule is COC(=O)c1nc2c(s1)CCNC2.Cl. The summed E-state index contributed by atoms with van der Waals surface area (Å²) >= 11 is 1.44. The minimum atomic E-state index is -0.334. The molecule has 1 aliphatic rings. The van der Waals surface area contributed by atoms with Crippen molar-refractivity contribution in [2.24, 2.45) is 0 Å². The van der Waals surface area contributed by atoms with Crippen LogP contribution < -0.4 is 5.32 Å². The normalized spacial score (nSPS) is 14.1. The van der Waals surface area contributed by atoms with Crippen molar-refractivity contribution >= 4 is 29.7 Å². The number of carbonyl (C=O) groups excluding carboxylic acids is 1. The summed E-state index contributed by atoms with van der Waals surface area (Å²) in [7, 11) is 1.38. The van der Waals surface area contributed by atoms with E-state index in [1.165, 1.54) is 23.3 Å². The van der Waals surface area contributed by atoms with E-state index in [1.54, 1.807) is 0 Å². The number of hydrogen-bond donors (Lipinski definition) is 1. The molecule has 2 heterocycles. The molecule has 78 valence electrons. The Labute approximate surface area is 92.1 Å². The van der Waals surface area contributed by atoms with Gasteiger partial charge in [-0.05, 0) is 6.42 Å². The first kappa shape index (κ1) is 11.4. The van der Waals surface area contributed by atoms with Gasteiger partial charge in [-0.1, -0.05) is 0 Å². The number of methoxy groups -OCH3 is 1. The van der Waals surface area contributed by atoms with Crippen molar-refractivity contribution in [3.63, 3.8) is 0 Å². The van der Waals surface area contributed by atoms with E-state index in [4.69, 9.17) is 0 Å². The summed E-state index contributed by atoms with van der Waals surface area (Å²) in [5.74, 6) is -0.334. The number of carbonyl (C=O) groups is 1. The highest BCUT2D eigenvalue weighted by molar-refractivity contribution is 7.13. The van der Waals surface area contributed by atoms with Crippen LogP contribution in [0, 0.1) is 0 Å². The fourth-order valence-electron chi connectivity index (χ4n) is 1.30. The van der Waals surface area contributed by atoms with E-state index < -0.39 is 0 Å². The predicted molar refractivity (Wildman–Crippen MR) is 56.1 cm³/mol. The second kappa shape index (κ2) is 4.72. The fraction of sp³-hybridized carbons (Fsp3) is 0.500. The smallest absolute Gasteiger partial charge is 0.367 e. The third kappa shape index (κ3) is 2.05. The number of ether oxygens (including phenoxy) is 1. The van der Waals surface area contributed by atoms with Crippen LogP contribution in [-0.2, 0) is 17.7 Å². The number of halogens is 1. The van der Waals surface area contributed by atoms with Gasteiger partial charge in [-0.25, -0.2) is 9.78 Å². The average molecular weight is 235 g/mol. The minimum absolute atomic E-state index is 0. The molecule has 0 aromatic carbocycles. The second-order valence-corrected chi connectivity index (χ2v) is 3.89. The zero-order chi connectivity index (χ0) is 9.26. The quantitative estimate of drug-likeness (QED) is 0.737. The maximum atomic E-state index is 11.1.